The van der Waals surface area contributed by atoms with Gasteiger partial charge in [-0.25, -0.2) is 9.59 Å². The molecule has 2 aliphatic carbocycles. The maximum atomic E-state index is 12.2. The van der Waals surface area contributed by atoms with Crippen molar-refractivity contribution in [3.8, 4) is 11.5 Å². The number of hydrogen-bond acceptors (Lipinski definition) is 6. The van der Waals surface area contributed by atoms with Crippen LogP contribution in [0.1, 0.15) is 112 Å². The Bertz CT molecular complexity index is 3120. The molecular formula is C56H54N2O6. The van der Waals surface area contributed by atoms with Gasteiger partial charge in [-0.05, 0) is 114 Å². The lowest BCUT2D eigenvalue weighted by atomic mass is 9.86. The fraction of sp³-hybridized carbons (Fsp3) is 0.250. The standard InChI is InChI=1S/2C28H27NO3/c2*1-16(2)13-19-14-17(3)15-21(25-20-7-5-6-8-22(20)29-27(19)25)26-23(31-4)11-9-18-10-12-24(30)32-28(18)26/h2*5-13,15,19,21,29H,14H2,1-4H3/t2*19-,21-/m10/s1. The van der Waals surface area contributed by atoms with Crippen LogP contribution in [0.25, 0.3) is 43.7 Å². The number of methoxy groups -OCH3 is 2. The normalized spacial score (nSPS) is 18.2. The van der Waals surface area contributed by atoms with Gasteiger partial charge >= 0.3 is 11.3 Å². The molecule has 0 spiro atoms. The molecule has 10 rings (SSSR count). The van der Waals surface area contributed by atoms with Crippen molar-refractivity contribution < 1.29 is 18.3 Å². The summed E-state index contributed by atoms with van der Waals surface area (Å²) in [5.74, 6) is 1.71. The van der Waals surface area contributed by atoms with Crippen molar-refractivity contribution in [3.63, 3.8) is 0 Å². The van der Waals surface area contributed by atoms with E-state index in [-0.39, 0.29) is 34.9 Å². The number of aromatic nitrogens is 2. The number of para-hydroxylation sites is 2. The highest BCUT2D eigenvalue weighted by Crippen LogP contribution is 2.49. The smallest absolute Gasteiger partial charge is 0.336 e. The van der Waals surface area contributed by atoms with Gasteiger partial charge in [0.05, 0.1) is 14.2 Å². The van der Waals surface area contributed by atoms with Crippen LogP contribution >= 0.6 is 0 Å². The Morgan fingerprint density at radius 3 is 1.33 bits per heavy atom. The van der Waals surface area contributed by atoms with Crippen molar-refractivity contribution in [2.45, 2.75) is 78.1 Å². The Labute approximate surface area is 372 Å². The van der Waals surface area contributed by atoms with E-state index in [0.717, 1.165) is 57.3 Å². The van der Waals surface area contributed by atoms with Gasteiger partial charge in [0, 0.05) is 90.9 Å². The van der Waals surface area contributed by atoms with Gasteiger partial charge in [-0.2, -0.15) is 0 Å². The summed E-state index contributed by atoms with van der Waals surface area (Å²) in [7, 11) is 3.34. The first-order valence-corrected chi connectivity index (χ1v) is 22.0. The van der Waals surface area contributed by atoms with Crippen molar-refractivity contribution in [2.24, 2.45) is 0 Å². The van der Waals surface area contributed by atoms with E-state index >= 15 is 0 Å². The molecule has 0 unspecified atom stereocenters. The van der Waals surface area contributed by atoms with E-state index in [4.69, 9.17) is 18.3 Å². The number of benzene rings is 4. The fourth-order valence-corrected chi connectivity index (χ4v) is 10.2. The third kappa shape index (κ3) is 7.82. The van der Waals surface area contributed by atoms with Crippen molar-refractivity contribution in [2.75, 3.05) is 14.2 Å². The average Bonchev–Trinajstić information content (AvgIpc) is 3.78. The van der Waals surface area contributed by atoms with E-state index in [2.05, 4.69) is 124 Å². The van der Waals surface area contributed by atoms with Crippen LogP contribution in [0.15, 0.2) is 162 Å². The molecule has 0 bridgehead atoms. The van der Waals surface area contributed by atoms with E-state index < -0.39 is 0 Å². The molecule has 324 valence electrons. The molecule has 8 aromatic rings. The molecule has 8 nitrogen and oxygen atoms in total. The minimum absolute atomic E-state index is 0.110. The van der Waals surface area contributed by atoms with Crippen molar-refractivity contribution in [1.82, 2.24) is 9.97 Å². The number of fused-ring (bicyclic) bond motifs is 8. The summed E-state index contributed by atoms with van der Waals surface area (Å²) in [5.41, 5.74) is 14.5. The minimum atomic E-state index is -0.358. The predicted octanol–water partition coefficient (Wildman–Crippen LogP) is 13.6. The number of rotatable bonds is 6. The molecule has 0 amide bonds. The lowest BCUT2D eigenvalue weighted by molar-refractivity contribution is 0.408. The molecule has 64 heavy (non-hydrogen) atoms. The largest absolute Gasteiger partial charge is 0.496 e. The van der Waals surface area contributed by atoms with Gasteiger partial charge in [0.15, 0.2) is 0 Å². The third-order valence-corrected chi connectivity index (χ3v) is 12.6. The van der Waals surface area contributed by atoms with E-state index in [9.17, 15) is 9.59 Å². The molecule has 8 heteroatoms. The van der Waals surface area contributed by atoms with E-state index in [1.165, 1.54) is 67.7 Å². The molecule has 4 aromatic heterocycles. The Hall–Kier alpha value is -7.06. The number of H-pyrrole nitrogens is 2. The second-order valence-corrected chi connectivity index (χ2v) is 17.8. The van der Waals surface area contributed by atoms with Crippen LogP contribution in [0.2, 0.25) is 0 Å². The summed E-state index contributed by atoms with van der Waals surface area (Å²) in [6.07, 6.45) is 11.2. The molecular weight excluding hydrogens is 797 g/mol. The molecule has 0 aliphatic heterocycles. The summed E-state index contributed by atoms with van der Waals surface area (Å²) in [4.78, 5) is 31.8. The summed E-state index contributed by atoms with van der Waals surface area (Å²) in [5, 5.41) is 4.14. The van der Waals surface area contributed by atoms with Gasteiger partial charge in [-0.3, -0.25) is 0 Å². The molecule has 2 N–H and O–H groups in total. The van der Waals surface area contributed by atoms with Crippen molar-refractivity contribution in [3.05, 3.63) is 198 Å². The van der Waals surface area contributed by atoms with Crippen molar-refractivity contribution >= 4 is 43.7 Å². The number of aromatic amines is 2. The predicted molar refractivity (Wildman–Crippen MR) is 259 cm³/mol. The molecule has 4 heterocycles. The highest BCUT2D eigenvalue weighted by molar-refractivity contribution is 5.91. The second kappa shape index (κ2) is 17.2. The van der Waals surface area contributed by atoms with Crippen molar-refractivity contribution in [1.29, 1.82) is 0 Å². The maximum absolute atomic E-state index is 12.2. The molecule has 2 aliphatic rings. The van der Waals surface area contributed by atoms with Crippen LogP contribution < -0.4 is 20.7 Å². The highest BCUT2D eigenvalue weighted by Gasteiger charge is 2.33. The Balaban J connectivity index is 0.000000162. The fourth-order valence-electron chi connectivity index (χ4n) is 10.2. The van der Waals surface area contributed by atoms with Crippen LogP contribution in [-0.2, 0) is 0 Å². The average molecular weight is 851 g/mol. The topological polar surface area (TPSA) is 110 Å². The molecule has 4 atom stereocenters. The first-order valence-electron chi connectivity index (χ1n) is 22.0. The third-order valence-electron chi connectivity index (χ3n) is 12.6. The maximum Gasteiger partial charge on any atom is 0.336 e. The minimum Gasteiger partial charge on any atom is -0.496 e. The van der Waals surface area contributed by atoms with Gasteiger partial charge in [0.2, 0.25) is 0 Å². The zero-order valence-corrected chi connectivity index (χ0v) is 37.7. The monoisotopic (exact) mass is 850 g/mol. The summed E-state index contributed by atoms with van der Waals surface area (Å²) in [6.45, 7) is 12.9. The SMILES string of the molecule is COc1ccc2ccc(=O)oc2c1[C@@H]1C=C(C)C[C@@H](C=C(C)C)c2[nH]c3ccccc3c21.COc1ccc2ccc(=O)oc2c1[C@H]1C=C(C)C[C@H](C=C(C)C)c2[nH]c3ccccc3c21. The lowest BCUT2D eigenvalue weighted by Gasteiger charge is -2.20. The van der Waals surface area contributed by atoms with Gasteiger partial charge in [-0.15, -0.1) is 0 Å². The highest BCUT2D eigenvalue weighted by atomic mass is 16.5. The Morgan fingerprint density at radius 2 is 0.938 bits per heavy atom. The summed E-state index contributed by atoms with van der Waals surface area (Å²) >= 11 is 0. The second-order valence-electron chi connectivity index (χ2n) is 17.8. The van der Waals surface area contributed by atoms with Crippen LogP contribution in [0, 0.1) is 0 Å². The van der Waals surface area contributed by atoms with E-state index in [0.29, 0.717) is 11.2 Å². The van der Waals surface area contributed by atoms with E-state index in [1.54, 1.807) is 14.2 Å². The van der Waals surface area contributed by atoms with Gasteiger partial charge in [0.25, 0.3) is 0 Å². The van der Waals surface area contributed by atoms with Gasteiger partial charge in [0.1, 0.15) is 22.7 Å². The summed E-state index contributed by atoms with van der Waals surface area (Å²) in [6, 6.07) is 31.2. The summed E-state index contributed by atoms with van der Waals surface area (Å²) < 4.78 is 23.2. The number of ether oxygens (including phenoxy) is 2. The van der Waals surface area contributed by atoms with Gasteiger partial charge in [-0.1, -0.05) is 83.0 Å². The molecule has 0 radical (unpaired) electrons. The first-order chi connectivity index (χ1) is 30.9. The van der Waals surface area contributed by atoms with Crippen LogP contribution in [0.3, 0.4) is 0 Å². The zero-order chi connectivity index (χ0) is 44.8. The molecule has 0 saturated heterocycles. The molecule has 0 saturated carbocycles. The van der Waals surface area contributed by atoms with Crippen LogP contribution in [0.4, 0.5) is 0 Å². The number of nitrogens with one attached hydrogen (secondary N) is 2. The lowest BCUT2D eigenvalue weighted by Crippen LogP contribution is -2.06. The van der Waals surface area contributed by atoms with Crippen LogP contribution in [-0.4, -0.2) is 24.2 Å². The molecule has 0 fully saturated rings. The number of hydrogen-bond donors (Lipinski definition) is 2. The van der Waals surface area contributed by atoms with Gasteiger partial charge < -0.3 is 28.3 Å². The first kappa shape index (κ1) is 42.3. The Morgan fingerprint density at radius 1 is 0.547 bits per heavy atom. The zero-order valence-electron chi connectivity index (χ0n) is 37.7. The molecule has 4 aromatic carbocycles. The van der Waals surface area contributed by atoms with Crippen LogP contribution in [0.5, 0.6) is 11.5 Å². The number of allylic oxidation sites excluding steroid dienone is 8. The Kier molecular flexibility index (Phi) is 11.4. The quantitative estimate of drug-likeness (QED) is 0.127. The van der Waals surface area contributed by atoms with E-state index in [1.807, 2.05) is 36.4 Å².